The summed E-state index contributed by atoms with van der Waals surface area (Å²) in [5.41, 5.74) is 1.62. The molecule has 5 nitrogen and oxygen atoms in total. The number of phenolic OH excluding ortho intramolecular Hbond substituents is 1. The fourth-order valence-corrected chi connectivity index (χ4v) is 3.42. The van der Waals surface area contributed by atoms with Gasteiger partial charge in [-0.1, -0.05) is 0 Å². The van der Waals surface area contributed by atoms with Crippen LogP contribution in [0, 0.1) is 0 Å². The SMILES string of the molecule is CC(=O)c1ccc2c(c1)NC(=O)/C(=C/c1cc(Br)c(O)c(Br)c1)O2. The molecule has 0 bridgehead atoms. The smallest absolute Gasteiger partial charge is 0.291 e. The van der Waals surface area contributed by atoms with E-state index >= 15 is 0 Å². The zero-order valence-corrected chi connectivity index (χ0v) is 15.6. The van der Waals surface area contributed by atoms with Crippen LogP contribution in [-0.4, -0.2) is 16.8 Å². The van der Waals surface area contributed by atoms with Crippen molar-refractivity contribution in [3.8, 4) is 11.5 Å². The lowest BCUT2D eigenvalue weighted by atomic mass is 10.1. The number of fused-ring (bicyclic) bond motifs is 1. The molecule has 1 amide bonds. The van der Waals surface area contributed by atoms with Gasteiger partial charge in [0, 0.05) is 5.56 Å². The molecule has 0 radical (unpaired) electrons. The van der Waals surface area contributed by atoms with Crippen molar-refractivity contribution in [2.75, 3.05) is 5.32 Å². The monoisotopic (exact) mass is 451 g/mol. The topological polar surface area (TPSA) is 75.6 Å². The number of hydrogen-bond donors (Lipinski definition) is 2. The number of carbonyl (C=O) groups excluding carboxylic acids is 2. The molecule has 24 heavy (non-hydrogen) atoms. The Balaban J connectivity index is 1.97. The van der Waals surface area contributed by atoms with Gasteiger partial charge in [-0.3, -0.25) is 9.59 Å². The Bertz CT molecular complexity index is 882. The van der Waals surface area contributed by atoms with Gasteiger partial charge < -0.3 is 15.2 Å². The van der Waals surface area contributed by atoms with Crippen LogP contribution in [0.1, 0.15) is 22.8 Å². The van der Waals surface area contributed by atoms with Crippen molar-refractivity contribution in [2.45, 2.75) is 6.92 Å². The molecule has 0 atom stereocenters. The molecule has 0 saturated heterocycles. The van der Waals surface area contributed by atoms with E-state index in [4.69, 9.17) is 4.74 Å². The maximum Gasteiger partial charge on any atom is 0.291 e. The van der Waals surface area contributed by atoms with Crippen molar-refractivity contribution in [1.82, 2.24) is 0 Å². The first-order valence-electron chi connectivity index (χ1n) is 6.89. The second kappa shape index (κ2) is 6.41. The van der Waals surface area contributed by atoms with Gasteiger partial charge in [-0.2, -0.15) is 0 Å². The normalized spacial score (nSPS) is 14.8. The highest BCUT2D eigenvalue weighted by molar-refractivity contribution is 9.11. The number of phenols is 1. The van der Waals surface area contributed by atoms with Crippen LogP contribution >= 0.6 is 31.9 Å². The predicted molar refractivity (Wildman–Crippen MR) is 97.2 cm³/mol. The van der Waals surface area contributed by atoms with Crippen LogP contribution in [0.2, 0.25) is 0 Å². The molecule has 3 rings (SSSR count). The molecule has 2 N–H and O–H groups in total. The van der Waals surface area contributed by atoms with Crippen molar-refractivity contribution in [3.63, 3.8) is 0 Å². The number of Topliss-reactive ketones (excluding diaryl/α,β-unsaturated/α-hetero) is 1. The van der Waals surface area contributed by atoms with Gasteiger partial charge in [-0.05, 0) is 80.8 Å². The summed E-state index contributed by atoms with van der Waals surface area (Å²) in [5.74, 6) is 0.148. The van der Waals surface area contributed by atoms with E-state index in [1.54, 1.807) is 36.4 Å². The Kier molecular flexibility index (Phi) is 4.47. The summed E-state index contributed by atoms with van der Waals surface area (Å²) in [5, 5.41) is 12.4. The molecular weight excluding hydrogens is 442 g/mol. The molecule has 2 aromatic carbocycles. The third-order valence-corrected chi connectivity index (χ3v) is 4.62. The van der Waals surface area contributed by atoms with Crippen LogP contribution in [0.5, 0.6) is 11.5 Å². The van der Waals surface area contributed by atoms with Gasteiger partial charge in [-0.15, -0.1) is 0 Å². The number of halogens is 2. The number of carbonyl (C=O) groups is 2. The minimum Gasteiger partial charge on any atom is -0.506 e. The van der Waals surface area contributed by atoms with E-state index in [9.17, 15) is 14.7 Å². The summed E-state index contributed by atoms with van der Waals surface area (Å²) in [6.45, 7) is 1.46. The van der Waals surface area contributed by atoms with E-state index in [1.165, 1.54) is 6.92 Å². The summed E-state index contributed by atoms with van der Waals surface area (Å²) in [6, 6.07) is 8.20. The molecule has 0 aliphatic carbocycles. The Morgan fingerprint density at radius 2 is 1.88 bits per heavy atom. The molecule has 1 aliphatic rings. The highest BCUT2D eigenvalue weighted by Gasteiger charge is 2.23. The summed E-state index contributed by atoms with van der Waals surface area (Å²) in [6.07, 6.45) is 1.56. The lowest BCUT2D eigenvalue weighted by molar-refractivity contribution is -0.115. The molecule has 0 fully saturated rings. The number of hydrogen-bond acceptors (Lipinski definition) is 4. The second-order valence-corrected chi connectivity index (χ2v) is 6.87. The third-order valence-electron chi connectivity index (χ3n) is 3.41. The number of amides is 1. The number of ketones is 1. The van der Waals surface area contributed by atoms with E-state index < -0.39 is 5.91 Å². The number of anilines is 1. The Morgan fingerprint density at radius 3 is 2.50 bits per heavy atom. The van der Waals surface area contributed by atoms with E-state index in [0.717, 1.165) is 0 Å². The van der Waals surface area contributed by atoms with E-state index in [1.807, 2.05) is 0 Å². The first-order chi connectivity index (χ1) is 11.3. The summed E-state index contributed by atoms with van der Waals surface area (Å²) in [7, 11) is 0. The largest absolute Gasteiger partial charge is 0.506 e. The molecule has 2 aromatic rings. The average Bonchev–Trinajstić information content (AvgIpc) is 2.52. The Morgan fingerprint density at radius 1 is 1.21 bits per heavy atom. The number of aromatic hydroxyl groups is 1. The molecule has 1 heterocycles. The molecule has 0 saturated carbocycles. The fraction of sp³-hybridized carbons (Fsp3) is 0.0588. The highest BCUT2D eigenvalue weighted by atomic mass is 79.9. The quantitative estimate of drug-likeness (QED) is 0.519. The van der Waals surface area contributed by atoms with Crippen molar-refractivity contribution in [3.05, 3.63) is 56.2 Å². The fourth-order valence-electron chi connectivity index (χ4n) is 2.20. The molecule has 122 valence electrons. The van der Waals surface area contributed by atoms with Crippen molar-refractivity contribution >= 4 is 55.3 Å². The van der Waals surface area contributed by atoms with Crippen LogP contribution in [0.3, 0.4) is 0 Å². The Hall–Kier alpha value is -2.12. The van der Waals surface area contributed by atoms with Gasteiger partial charge in [0.15, 0.2) is 17.3 Å². The van der Waals surface area contributed by atoms with Crippen LogP contribution in [-0.2, 0) is 4.79 Å². The molecule has 0 aromatic heterocycles. The number of ether oxygens (including phenoxy) is 1. The average molecular weight is 453 g/mol. The van der Waals surface area contributed by atoms with Gasteiger partial charge in [0.25, 0.3) is 5.91 Å². The first kappa shape index (κ1) is 16.7. The number of rotatable bonds is 2. The minimum atomic E-state index is -0.413. The van der Waals surface area contributed by atoms with Gasteiger partial charge in [0.1, 0.15) is 5.75 Å². The first-order valence-corrected chi connectivity index (χ1v) is 8.47. The second-order valence-electron chi connectivity index (χ2n) is 5.17. The minimum absolute atomic E-state index is 0.0771. The van der Waals surface area contributed by atoms with Crippen LogP contribution in [0.15, 0.2) is 45.0 Å². The zero-order valence-electron chi connectivity index (χ0n) is 12.4. The lowest BCUT2D eigenvalue weighted by Gasteiger charge is -2.20. The van der Waals surface area contributed by atoms with Crippen LogP contribution < -0.4 is 10.1 Å². The van der Waals surface area contributed by atoms with E-state index in [2.05, 4.69) is 37.2 Å². The van der Waals surface area contributed by atoms with Crippen molar-refractivity contribution < 1.29 is 19.4 Å². The molecule has 0 unspecified atom stereocenters. The van der Waals surface area contributed by atoms with Crippen LogP contribution in [0.25, 0.3) is 6.08 Å². The molecule has 0 spiro atoms. The zero-order chi connectivity index (χ0) is 17.4. The molecule has 1 aliphatic heterocycles. The Labute approximate surface area is 154 Å². The molecular formula is C17H11Br2NO4. The summed E-state index contributed by atoms with van der Waals surface area (Å²) in [4.78, 5) is 23.6. The summed E-state index contributed by atoms with van der Waals surface area (Å²) < 4.78 is 6.62. The van der Waals surface area contributed by atoms with E-state index in [0.29, 0.717) is 31.5 Å². The van der Waals surface area contributed by atoms with Crippen molar-refractivity contribution in [2.24, 2.45) is 0 Å². The lowest BCUT2D eigenvalue weighted by Crippen LogP contribution is -2.23. The van der Waals surface area contributed by atoms with Crippen molar-refractivity contribution in [1.29, 1.82) is 0 Å². The maximum absolute atomic E-state index is 12.2. The standard InChI is InChI=1S/C17H11Br2NO4/c1-8(21)10-2-3-14-13(7-10)20-17(23)15(24-14)6-9-4-11(18)16(22)12(19)5-9/h2-7,22H,1H3,(H,20,23)/b15-6-. The summed E-state index contributed by atoms with van der Waals surface area (Å²) >= 11 is 6.48. The molecule has 7 heteroatoms. The van der Waals surface area contributed by atoms with E-state index in [-0.39, 0.29) is 17.3 Å². The third kappa shape index (κ3) is 3.22. The highest BCUT2D eigenvalue weighted by Crippen LogP contribution is 2.36. The van der Waals surface area contributed by atoms with Crippen LogP contribution in [0.4, 0.5) is 5.69 Å². The number of benzene rings is 2. The van der Waals surface area contributed by atoms with Gasteiger partial charge in [0.2, 0.25) is 0 Å². The number of nitrogens with one attached hydrogen (secondary N) is 1. The van der Waals surface area contributed by atoms with Gasteiger partial charge in [0.05, 0.1) is 14.6 Å². The van der Waals surface area contributed by atoms with Gasteiger partial charge in [-0.25, -0.2) is 0 Å². The van der Waals surface area contributed by atoms with Gasteiger partial charge >= 0.3 is 0 Å². The predicted octanol–water partition coefficient (Wildman–Crippen LogP) is 4.49. The maximum atomic E-state index is 12.2.